The number of sulfonamides is 1. The fourth-order valence-corrected chi connectivity index (χ4v) is 4.30. The standard InChI is InChI=1S/C20H28N4O2S2.HI/c1-15-6-9-18(10-7-15)28(25,26)24-12-11-22-20(21-3)23-14-17-8-5-16(2)13-19(17)27-4;/h5-10,13,24H,11-12,14H2,1-4H3,(H2,21,22,23);1H. The van der Waals surface area contributed by atoms with Crippen molar-refractivity contribution in [3.63, 3.8) is 0 Å². The molecule has 0 aromatic heterocycles. The number of rotatable bonds is 8. The molecule has 0 aliphatic carbocycles. The Kier molecular flexibility index (Phi) is 11.0. The lowest BCUT2D eigenvalue weighted by atomic mass is 10.1. The van der Waals surface area contributed by atoms with Crippen LogP contribution in [0.4, 0.5) is 0 Å². The van der Waals surface area contributed by atoms with Gasteiger partial charge in [-0.25, -0.2) is 13.1 Å². The van der Waals surface area contributed by atoms with Gasteiger partial charge in [0.05, 0.1) is 4.90 Å². The van der Waals surface area contributed by atoms with Crippen LogP contribution in [0.15, 0.2) is 57.2 Å². The Bertz CT molecular complexity index is 917. The van der Waals surface area contributed by atoms with Gasteiger partial charge < -0.3 is 10.6 Å². The Morgan fingerprint density at radius 3 is 2.28 bits per heavy atom. The largest absolute Gasteiger partial charge is 0.355 e. The minimum absolute atomic E-state index is 0. The van der Waals surface area contributed by atoms with E-state index in [1.807, 2.05) is 6.92 Å². The van der Waals surface area contributed by atoms with Gasteiger partial charge in [-0.15, -0.1) is 35.7 Å². The van der Waals surface area contributed by atoms with E-state index in [4.69, 9.17) is 0 Å². The zero-order valence-corrected chi connectivity index (χ0v) is 21.1. The molecular formula is C20H29IN4O2S2. The smallest absolute Gasteiger partial charge is 0.240 e. The Morgan fingerprint density at radius 1 is 1.00 bits per heavy atom. The van der Waals surface area contributed by atoms with Gasteiger partial charge in [0.2, 0.25) is 10.0 Å². The van der Waals surface area contributed by atoms with Crippen molar-refractivity contribution in [1.82, 2.24) is 15.4 Å². The highest BCUT2D eigenvalue weighted by molar-refractivity contribution is 14.0. The van der Waals surface area contributed by atoms with Gasteiger partial charge in [0.1, 0.15) is 0 Å². The van der Waals surface area contributed by atoms with Crippen molar-refractivity contribution in [3.8, 4) is 0 Å². The molecule has 9 heteroatoms. The maximum absolute atomic E-state index is 12.3. The van der Waals surface area contributed by atoms with Gasteiger partial charge in [0, 0.05) is 31.6 Å². The lowest BCUT2D eigenvalue weighted by molar-refractivity contribution is 0.580. The molecule has 0 aliphatic rings. The predicted octanol–water partition coefficient (Wildman–Crippen LogP) is 3.29. The third-order valence-corrected chi connectivity index (χ3v) is 6.45. The van der Waals surface area contributed by atoms with Gasteiger partial charge in [-0.1, -0.05) is 29.8 Å². The van der Waals surface area contributed by atoms with E-state index in [1.165, 1.54) is 16.0 Å². The number of halogens is 1. The summed E-state index contributed by atoms with van der Waals surface area (Å²) in [5.74, 6) is 0.627. The average molecular weight is 549 g/mol. The second-order valence-corrected chi connectivity index (χ2v) is 8.99. The van der Waals surface area contributed by atoms with E-state index < -0.39 is 10.0 Å². The molecule has 0 aliphatic heterocycles. The van der Waals surface area contributed by atoms with Crippen LogP contribution in [0.1, 0.15) is 16.7 Å². The SMILES string of the molecule is CN=C(NCCNS(=O)(=O)c1ccc(C)cc1)NCc1ccc(C)cc1SC.I. The van der Waals surface area contributed by atoms with Crippen LogP contribution in [-0.2, 0) is 16.6 Å². The van der Waals surface area contributed by atoms with E-state index in [2.05, 4.69) is 51.7 Å². The first-order valence-corrected chi connectivity index (χ1v) is 11.7. The monoisotopic (exact) mass is 548 g/mol. The van der Waals surface area contributed by atoms with E-state index in [9.17, 15) is 8.42 Å². The van der Waals surface area contributed by atoms with Crippen molar-refractivity contribution in [1.29, 1.82) is 0 Å². The number of benzene rings is 2. The molecule has 2 rings (SSSR count). The van der Waals surface area contributed by atoms with E-state index in [-0.39, 0.29) is 35.4 Å². The maximum Gasteiger partial charge on any atom is 0.240 e. The number of nitrogens with zero attached hydrogens (tertiary/aromatic N) is 1. The number of thioether (sulfide) groups is 1. The van der Waals surface area contributed by atoms with Gasteiger partial charge in [0.15, 0.2) is 5.96 Å². The first-order valence-electron chi connectivity index (χ1n) is 9.00. The Morgan fingerprint density at radius 2 is 1.66 bits per heavy atom. The van der Waals surface area contributed by atoms with Crippen LogP contribution in [0.25, 0.3) is 0 Å². The number of hydrogen-bond acceptors (Lipinski definition) is 4. The molecule has 0 spiro atoms. The lowest BCUT2D eigenvalue weighted by Gasteiger charge is -2.14. The molecule has 0 fully saturated rings. The quantitative estimate of drug-likeness (QED) is 0.155. The lowest BCUT2D eigenvalue weighted by Crippen LogP contribution is -2.41. The topological polar surface area (TPSA) is 82.6 Å². The van der Waals surface area contributed by atoms with E-state index in [0.717, 1.165) is 5.56 Å². The van der Waals surface area contributed by atoms with Crippen molar-refractivity contribution in [2.45, 2.75) is 30.2 Å². The fraction of sp³-hybridized carbons (Fsp3) is 0.350. The molecule has 2 aromatic rings. The summed E-state index contributed by atoms with van der Waals surface area (Å²) < 4.78 is 27.2. The Balaban J connectivity index is 0.00000420. The minimum atomic E-state index is -3.50. The summed E-state index contributed by atoms with van der Waals surface area (Å²) in [7, 11) is -1.81. The van der Waals surface area contributed by atoms with Crippen molar-refractivity contribution in [3.05, 3.63) is 59.2 Å². The summed E-state index contributed by atoms with van der Waals surface area (Å²) in [5, 5.41) is 6.39. The molecule has 0 bridgehead atoms. The van der Waals surface area contributed by atoms with E-state index >= 15 is 0 Å². The van der Waals surface area contributed by atoms with Crippen LogP contribution < -0.4 is 15.4 Å². The first kappa shape index (κ1) is 25.7. The molecule has 0 unspecified atom stereocenters. The average Bonchev–Trinajstić information content (AvgIpc) is 2.68. The molecule has 6 nitrogen and oxygen atoms in total. The number of hydrogen-bond donors (Lipinski definition) is 3. The fourth-order valence-electron chi connectivity index (χ4n) is 2.56. The predicted molar refractivity (Wildman–Crippen MR) is 133 cm³/mol. The second kappa shape index (κ2) is 12.4. The molecule has 0 saturated heterocycles. The van der Waals surface area contributed by atoms with E-state index in [1.54, 1.807) is 43.1 Å². The van der Waals surface area contributed by atoms with Crippen molar-refractivity contribution in [2.24, 2.45) is 4.99 Å². The van der Waals surface area contributed by atoms with Crippen LogP contribution in [0.5, 0.6) is 0 Å². The molecule has 0 atom stereocenters. The van der Waals surface area contributed by atoms with Crippen LogP contribution in [0.2, 0.25) is 0 Å². The maximum atomic E-state index is 12.3. The molecule has 0 amide bonds. The summed E-state index contributed by atoms with van der Waals surface area (Å²) in [6, 6.07) is 13.1. The van der Waals surface area contributed by atoms with Crippen LogP contribution in [0, 0.1) is 13.8 Å². The summed E-state index contributed by atoms with van der Waals surface area (Å²) in [6.45, 7) is 5.33. The molecule has 160 valence electrons. The third kappa shape index (κ3) is 8.15. The summed E-state index contributed by atoms with van der Waals surface area (Å²) in [4.78, 5) is 5.69. The highest BCUT2D eigenvalue weighted by atomic mass is 127. The molecule has 0 heterocycles. The number of aryl methyl sites for hydroxylation is 2. The summed E-state index contributed by atoms with van der Waals surface area (Å²) >= 11 is 1.71. The summed E-state index contributed by atoms with van der Waals surface area (Å²) in [5.41, 5.74) is 3.45. The molecule has 0 saturated carbocycles. The van der Waals surface area contributed by atoms with Crippen LogP contribution in [-0.4, -0.2) is 40.8 Å². The van der Waals surface area contributed by atoms with Gasteiger partial charge >= 0.3 is 0 Å². The third-order valence-electron chi connectivity index (χ3n) is 4.15. The highest BCUT2D eigenvalue weighted by Gasteiger charge is 2.12. The van der Waals surface area contributed by atoms with Crippen molar-refractivity contribution >= 4 is 51.7 Å². The number of nitrogens with one attached hydrogen (secondary N) is 3. The summed E-state index contributed by atoms with van der Waals surface area (Å²) in [6.07, 6.45) is 2.06. The normalized spacial score (nSPS) is 11.7. The highest BCUT2D eigenvalue weighted by Crippen LogP contribution is 2.21. The first-order chi connectivity index (χ1) is 13.4. The molecule has 3 N–H and O–H groups in total. The number of aliphatic imine (C=N–C) groups is 1. The van der Waals surface area contributed by atoms with Gasteiger partial charge in [-0.05, 0) is 49.4 Å². The minimum Gasteiger partial charge on any atom is -0.355 e. The molecular weight excluding hydrogens is 519 g/mol. The van der Waals surface area contributed by atoms with Crippen LogP contribution in [0.3, 0.4) is 0 Å². The van der Waals surface area contributed by atoms with Gasteiger partial charge in [-0.2, -0.15) is 0 Å². The zero-order chi connectivity index (χ0) is 20.6. The Hall–Kier alpha value is -1.30. The Labute approximate surface area is 195 Å². The van der Waals surface area contributed by atoms with Gasteiger partial charge in [-0.3, -0.25) is 4.99 Å². The van der Waals surface area contributed by atoms with Crippen LogP contribution >= 0.6 is 35.7 Å². The molecule has 2 aromatic carbocycles. The zero-order valence-electron chi connectivity index (χ0n) is 17.2. The second-order valence-electron chi connectivity index (χ2n) is 6.38. The van der Waals surface area contributed by atoms with Crippen molar-refractivity contribution in [2.75, 3.05) is 26.4 Å². The molecule has 29 heavy (non-hydrogen) atoms. The number of guanidine groups is 1. The molecule has 0 radical (unpaired) electrons. The van der Waals surface area contributed by atoms with Gasteiger partial charge in [0.25, 0.3) is 0 Å². The van der Waals surface area contributed by atoms with E-state index in [0.29, 0.717) is 19.0 Å². The van der Waals surface area contributed by atoms with Crippen molar-refractivity contribution < 1.29 is 8.42 Å².